The molecule has 0 aliphatic heterocycles. The van der Waals surface area contributed by atoms with E-state index in [1.165, 1.54) is 5.56 Å². The summed E-state index contributed by atoms with van der Waals surface area (Å²) in [7, 11) is 0. The van der Waals surface area contributed by atoms with Crippen LogP contribution >= 0.6 is 0 Å². The number of aliphatic carboxylic acids is 1. The summed E-state index contributed by atoms with van der Waals surface area (Å²) in [6, 6.07) is 15.1. The fraction of sp³-hybridized carbons (Fsp3) is 0.320. The number of hydrogen-bond donors (Lipinski definition) is 3. The molecule has 9 nitrogen and oxygen atoms in total. The third-order valence-electron chi connectivity index (χ3n) is 6.18. The number of carbonyl (C=O) groups excluding carboxylic acids is 1. The van der Waals surface area contributed by atoms with E-state index in [0.717, 1.165) is 31.2 Å². The highest BCUT2D eigenvalue weighted by atomic mass is 16.4. The van der Waals surface area contributed by atoms with Crippen molar-refractivity contribution >= 4 is 29.3 Å². The lowest BCUT2D eigenvalue weighted by atomic mass is 9.77. The summed E-state index contributed by atoms with van der Waals surface area (Å²) in [6.07, 6.45) is 4.03. The van der Waals surface area contributed by atoms with Gasteiger partial charge in [-0.05, 0) is 79.8 Å². The first-order valence-electron chi connectivity index (χ1n) is 11.2. The van der Waals surface area contributed by atoms with Gasteiger partial charge < -0.3 is 20.2 Å². The molecule has 1 saturated carbocycles. The first-order chi connectivity index (χ1) is 16.4. The summed E-state index contributed by atoms with van der Waals surface area (Å²) in [4.78, 5) is 23.4. The van der Waals surface area contributed by atoms with Crippen molar-refractivity contribution in [3.63, 3.8) is 0 Å². The molecule has 0 saturated heterocycles. The van der Waals surface area contributed by atoms with E-state index in [-0.39, 0.29) is 24.2 Å². The van der Waals surface area contributed by atoms with Crippen LogP contribution in [0.1, 0.15) is 65.4 Å². The highest BCUT2D eigenvalue weighted by molar-refractivity contribution is 6.00. The molecule has 1 fully saturated rings. The van der Waals surface area contributed by atoms with E-state index in [2.05, 4.69) is 26.9 Å². The highest BCUT2D eigenvalue weighted by Gasteiger charge is 2.24. The number of anilines is 3. The van der Waals surface area contributed by atoms with Gasteiger partial charge in [-0.1, -0.05) is 23.3 Å². The number of benzene rings is 2. The lowest BCUT2D eigenvalue weighted by Crippen LogP contribution is -2.16. The van der Waals surface area contributed by atoms with Crippen molar-refractivity contribution in [3.8, 4) is 6.07 Å². The Kier molecular flexibility index (Phi) is 6.87. The summed E-state index contributed by atoms with van der Waals surface area (Å²) >= 11 is 0. The van der Waals surface area contributed by atoms with Gasteiger partial charge in [-0.2, -0.15) is 5.26 Å². The number of hydrogen-bond acceptors (Lipinski definition) is 7. The molecule has 4 rings (SSSR count). The standard InChI is InChI=1S/C25H25N5O4/c1-15-2-9-21(13-19(15)14-26)28-25-30-29-24(34-25)23(33)27-20-10-7-18(8-11-20)17-5-3-16(4-6-17)12-22(31)32/h2,7-11,13,16-17H,3-6,12H2,1H3,(H,27,33)(H,28,30)(H,31,32)/t16-,17-. The molecule has 0 radical (unpaired) electrons. The van der Waals surface area contributed by atoms with Gasteiger partial charge in [-0.3, -0.25) is 9.59 Å². The van der Waals surface area contributed by atoms with Crippen LogP contribution in [0.4, 0.5) is 17.4 Å². The van der Waals surface area contributed by atoms with E-state index in [1.807, 2.05) is 31.2 Å². The molecule has 3 aromatic rings. The fourth-order valence-corrected chi connectivity index (χ4v) is 4.28. The van der Waals surface area contributed by atoms with Crippen LogP contribution < -0.4 is 10.6 Å². The Balaban J connectivity index is 1.32. The molecule has 34 heavy (non-hydrogen) atoms. The van der Waals surface area contributed by atoms with Crippen LogP contribution in [-0.4, -0.2) is 27.2 Å². The molecule has 1 aromatic heterocycles. The van der Waals surface area contributed by atoms with E-state index >= 15 is 0 Å². The van der Waals surface area contributed by atoms with Crippen molar-refractivity contribution in [2.24, 2.45) is 5.92 Å². The van der Waals surface area contributed by atoms with Gasteiger partial charge in [0, 0.05) is 17.8 Å². The predicted molar refractivity (Wildman–Crippen MR) is 125 cm³/mol. The van der Waals surface area contributed by atoms with Gasteiger partial charge in [0.05, 0.1) is 11.6 Å². The van der Waals surface area contributed by atoms with Gasteiger partial charge in [0.1, 0.15) is 0 Å². The van der Waals surface area contributed by atoms with Gasteiger partial charge in [0.25, 0.3) is 0 Å². The van der Waals surface area contributed by atoms with E-state index in [0.29, 0.717) is 22.9 Å². The zero-order valence-electron chi connectivity index (χ0n) is 18.7. The smallest absolute Gasteiger partial charge is 0.320 e. The Bertz CT molecular complexity index is 1220. The average Bonchev–Trinajstić information content (AvgIpc) is 3.30. The Morgan fingerprint density at radius 3 is 2.47 bits per heavy atom. The quantitative estimate of drug-likeness (QED) is 0.448. The SMILES string of the molecule is Cc1ccc(Nc2nnc(C(=O)Nc3ccc([C@H]4CC[C@H](CC(=O)O)CC4)cc3)o2)cc1C#N. The lowest BCUT2D eigenvalue weighted by molar-refractivity contribution is -0.138. The van der Waals surface area contributed by atoms with Crippen LogP contribution in [0.5, 0.6) is 0 Å². The van der Waals surface area contributed by atoms with Crippen molar-refractivity contribution in [2.75, 3.05) is 10.6 Å². The third-order valence-corrected chi connectivity index (χ3v) is 6.18. The number of nitrogens with zero attached hydrogens (tertiary/aromatic N) is 3. The number of aromatic nitrogens is 2. The summed E-state index contributed by atoms with van der Waals surface area (Å²) in [6.45, 7) is 1.84. The van der Waals surface area contributed by atoms with E-state index < -0.39 is 11.9 Å². The minimum Gasteiger partial charge on any atom is -0.481 e. The molecule has 0 spiro atoms. The Hall–Kier alpha value is -4.19. The fourth-order valence-electron chi connectivity index (χ4n) is 4.28. The molecule has 3 N–H and O–H groups in total. The maximum absolute atomic E-state index is 12.5. The average molecular weight is 460 g/mol. The number of carbonyl (C=O) groups is 2. The second-order valence-corrected chi connectivity index (χ2v) is 8.57. The molecule has 174 valence electrons. The van der Waals surface area contributed by atoms with E-state index in [4.69, 9.17) is 14.8 Å². The number of rotatable bonds is 7. The van der Waals surface area contributed by atoms with E-state index in [9.17, 15) is 9.59 Å². The molecule has 1 amide bonds. The lowest BCUT2D eigenvalue weighted by Gasteiger charge is -2.28. The second kappa shape index (κ2) is 10.2. The van der Waals surface area contributed by atoms with Crippen molar-refractivity contribution in [2.45, 2.75) is 44.9 Å². The van der Waals surface area contributed by atoms with Gasteiger partial charge >= 0.3 is 23.8 Å². The molecule has 1 aliphatic carbocycles. The maximum atomic E-state index is 12.5. The topological polar surface area (TPSA) is 141 Å². The summed E-state index contributed by atoms with van der Waals surface area (Å²) in [5.41, 5.74) is 3.78. The Morgan fingerprint density at radius 1 is 1.09 bits per heavy atom. The summed E-state index contributed by atoms with van der Waals surface area (Å²) < 4.78 is 5.41. The number of carboxylic acids is 1. The molecule has 1 aliphatic rings. The van der Waals surface area contributed by atoms with Crippen molar-refractivity contribution in [1.29, 1.82) is 5.26 Å². The maximum Gasteiger partial charge on any atom is 0.320 e. The Labute approximate surface area is 196 Å². The van der Waals surface area contributed by atoms with Crippen LogP contribution in [0.2, 0.25) is 0 Å². The number of carboxylic acid groups (broad SMARTS) is 1. The van der Waals surface area contributed by atoms with Crippen LogP contribution in [0, 0.1) is 24.2 Å². The molecular weight excluding hydrogens is 434 g/mol. The van der Waals surface area contributed by atoms with Crippen molar-refractivity contribution in [1.82, 2.24) is 10.2 Å². The van der Waals surface area contributed by atoms with Crippen LogP contribution in [0.15, 0.2) is 46.9 Å². The minimum atomic E-state index is -0.726. The van der Waals surface area contributed by atoms with Gasteiger partial charge in [0.2, 0.25) is 0 Å². The molecule has 1 heterocycles. The molecule has 0 unspecified atom stereocenters. The monoisotopic (exact) mass is 459 g/mol. The number of aryl methyl sites for hydroxylation is 1. The highest BCUT2D eigenvalue weighted by Crippen LogP contribution is 2.37. The van der Waals surface area contributed by atoms with Crippen LogP contribution in [-0.2, 0) is 4.79 Å². The second-order valence-electron chi connectivity index (χ2n) is 8.57. The van der Waals surface area contributed by atoms with E-state index in [1.54, 1.807) is 18.2 Å². The Morgan fingerprint density at radius 2 is 1.79 bits per heavy atom. The molecule has 2 aromatic carbocycles. The number of nitriles is 1. The summed E-state index contributed by atoms with van der Waals surface area (Å²) in [5, 5.41) is 31.4. The molecule has 0 bridgehead atoms. The van der Waals surface area contributed by atoms with Gasteiger partial charge in [-0.25, -0.2) is 0 Å². The van der Waals surface area contributed by atoms with Crippen molar-refractivity contribution < 1.29 is 19.1 Å². The van der Waals surface area contributed by atoms with Gasteiger partial charge in [0.15, 0.2) is 0 Å². The van der Waals surface area contributed by atoms with Gasteiger partial charge in [-0.15, -0.1) is 5.10 Å². The van der Waals surface area contributed by atoms with Crippen LogP contribution in [0.3, 0.4) is 0 Å². The van der Waals surface area contributed by atoms with Crippen molar-refractivity contribution in [3.05, 3.63) is 65.0 Å². The molecular formula is C25H25N5O4. The number of nitrogens with one attached hydrogen (secondary N) is 2. The number of amides is 1. The first-order valence-corrected chi connectivity index (χ1v) is 11.2. The largest absolute Gasteiger partial charge is 0.481 e. The normalized spacial score (nSPS) is 17.5. The zero-order valence-corrected chi connectivity index (χ0v) is 18.7. The molecule has 9 heteroatoms. The van der Waals surface area contributed by atoms with Crippen LogP contribution in [0.25, 0.3) is 0 Å². The predicted octanol–water partition coefficient (Wildman–Crippen LogP) is 4.99. The minimum absolute atomic E-state index is 0.0479. The zero-order chi connectivity index (χ0) is 24.1. The summed E-state index contributed by atoms with van der Waals surface area (Å²) in [5.74, 6) is -0.765. The third kappa shape index (κ3) is 5.59. The molecule has 0 atom stereocenters. The first kappa shape index (κ1) is 23.0.